The van der Waals surface area contributed by atoms with E-state index in [0.29, 0.717) is 13.2 Å². The van der Waals surface area contributed by atoms with Gasteiger partial charge in [0.15, 0.2) is 0 Å². The molecule has 0 bridgehead atoms. The van der Waals surface area contributed by atoms with Crippen molar-refractivity contribution >= 4 is 16.9 Å². The number of nitrogens with one attached hydrogen (secondary N) is 1. The maximum absolute atomic E-state index is 12.4. The highest BCUT2D eigenvalue weighted by molar-refractivity contribution is 5.88. The average Bonchev–Trinajstić information content (AvgIpc) is 3.15. The molecule has 0 aliphatic carbocycles. The van der Waals surface area contributed by atoms with Crippen molar-refractivity contribution in [3.8, 4) is 5.75 Å². The van der Waals surface area contributed by atoms with Crippen molar-refractivity contribution in [2.24, 2.45) is 0 Å². The lowest BCUT2D eigenvalue weighted by molar-refractivity contribution is -0.121. The standard InChI is InChI=1S/C23H26N2O4/c1-27-19-7-8-21-18(16-29-22(21)12-19)11-23(26)24-13-20-15-25(9-10-28-20)14-17-5-3-2-4-6-17/h2-8,12,16,20H,9-11,13-15H2,1H3,(H,24,26). The number of furan rings is 1. The van der Waals surface area contributed by atoms with E-state index in [1.165, 1.54) is 5.56 Å². The zero-order chi connectivity index (χ0) is 20.1. The van der Waals surface area contributed by atoms with Gasteiger partial charge in [-0.2, -0.15) is 0 Å². The van der Waals surface area contributed by atoms with E-state index in [1.54, 1.807) is 13.4 Å². The molecule has 1 atom stereocenters. The number of methoxy groups -OCH3 is 1. The van der Waals surface area contributed by atoms with Gasteiger partial charge < -0.3 is 19.2 Å². The van der Waals surface area contributed by atoms with Gasteiger partial charge in [0.1, 0.15) is 11.3 Å². The van der Waals surface area contributed by atoms with E-state index >= 15 is 0 Å². The third-order valence-electron chi connectivity index (χ3n) is 5.21. The molecule has 0 saturated carbocycles. The SMILES string of the molecule is COc1ccc2c(CC(=O)NCC3CN(Cc4ccccc4)CCO3)coc2c1. The van der Waals surface area contributed by atoms with E-state index in [4.69, 9.17) is 13.9 Å². The number of ether oxygens (including phenoxy) is 2. The second-order valence-electron chi connectivity index (χ2n) is 7.32. The molecule has 152 valence electrons. The molecule has 1 saturated heterocycles. The Morgan fingerprint density at radius 1 is 1.24 bits per heavy atom. The number of amides is 1. The first-order valence-corrected chi connectivity index (χ1v) is 9.90. The fourth-order valence-electron chi connectivity index (χ4n) is 3.68. The van der Waals surface area contributed by atoms with Crippen LogP contribution in [0.25, 0.3) is 11.0 Å². The molecule has 6 nitrogen and oxygen atoms in total. The Morgan fingerprint density at radius 3 is 2.93 bits per heavy atom. The number of carbonyl (C=O) groups excluding carboxylic acids is 1. The van der Waals surface area contributed by atoms with Gasteiger partial charge in [-0.1, -0.05) is 30.3 Å². The highest BCUT2D eigenvalue weighted by atomic mass is 16.5. The van der Waals surface area contributed by atoms with Crippen LogP contribution >= 0.6 is 0 Å². The molecule has 1 N–H and O–H groups in total. The number of morpholine rings is 1. The minimum absolute atomic E-state index is 0.00164. The summed E-state index contributed by atoms with van der Waals surface area (Å²) in [5.74, 6) is 0.699. The molecule has 1 unspecified atom stereocenters. The summed E-state index contributed by atoms with van der Waals surface area (Å²) in [6.45, 7) is 3.81. The topological polar surface area (TPSA) is 63.9 Å². The summed E-state index contributed by atoms with van der Waals surface area (Å²) in [5.41, 5.74) is 2.88. The number of nitrogens with zero attached hydrogens (tertiary/aromatic N) is 1. The van der Waals surface area contributed by atoms with Crippen molar-refractivity contribution in [3.05, 3.63) is 65.9 Å². The van der Waals surface area contributed by atoms with E-state index < -0.39 is 0 Å². The quantitative estimate of drug-likeness (QED) is 0.667. The zero-order valence-electron chi connectivity index (χ0n) is 16.6. The summed E-state index contributed by atoms with van der Waals surface area (Å²) in [4.78, 5) is 14.8. The first kappa shape index (κ1) is 19.5. The van der Waals surface area contributed by atoms with Crippen LogP contribution in [0.3, 0.4) is 0 Å². The maximum Gasteiger partial charge on any atom is 0.224 e. The fourth-order valence-corrected chi connectivity index (χ4v) is 3.68. The predicted molar refractivity (Wildman–Crippen MR) is 111 cm³/mol. The number of carbonyl (C=O) groups is 1. The van der Waals surface area contributed by atoms with Crippen LogP contribution in [-0.4, -0.2) is 50.3 Å². The van der Waals surface area contributed by atoms with Crippen LogP contribution in [0.4, 0.5) is 0 Å². The average molecular weight is 394 g/mol. The molecule has 1 aliphatic heterocycles. The van der Waals surface area contributed by atoms with Gasteiger partial charge in [-0.15, -0.1) is 0 Å². The molecule has 0 radical (unpaired) electrons. The van der Waals surface area contributed by atoms with Crippen molar-refractivity contribution in [2.75, 3.05) is 33.4 Å². The Kier molecular flexibility index (Phi) is 6.12. The van der Waals surface area contributed by atoms with Crippen molar-refractivity contribution in [1.29, 1.82) is 0 Å². The van der Waals surface area contributed by atoms with E-state index in [1.807, 2.05) is 24.3 Å². The normalized spacial score (nSPS) is 17.3. The van der Waals surface area contributed by atoms with Gasteiger partial charge in [0.2, 0.25) is 5.91 Å². The van der Waals surface area contributed by atoms with E-state index in [2.05, 4.69) is 34.5 Å². The molecule has 2 heterocycles. The third kappa shape index (κ3) is 4.96. The smallest absolute Gasteiger partial charge is 0.224 e. The summed E-state index contributed by atoms with van der Waals surface area (Å²) < 4.78 is 16.6. The van der Waals surface area contributed by atoms with E-state index in [-0.39, 0.29) is 18.4 Å². The Morgan fingerprint density at radius 2 is 2.10 bits per heavy atom. The lowest BCUT2D eigenvalue weighted by Gasteiger charge is -2.33. The van der Waals surface area contributed by atoms with Crippen LogP contribution in [0.1, 0.15) is 11.1 Å². The van der Waals surface area contributed by atoms with Gasteiger partial charge in [0.25, 0.3) is 0 Å². The lowest BCUT2D eigenvalue weighted by atomic mass is 10.1. The molecule has 6 heteroatoms. The summed E-state index contributed by atoms with van der Waals surface area (Å²) in [6.07, 6.45) is 1.92. The summed E-state index contributed by atoms with van der Waals surface area (Å²) >= 11 is 0. The van der Waals surface area contributed by atoms with Crippen molar-refractivity contribution in [2.45, 2.75) is 19.1 Å². The molecule has 1 amide bonds. The first-order valence-electron chi connectivity index (χ1n) is 9.90. The van der Waals surface area contributed by atoms with E-state index in [9.17, 15) is 4.79 Å². The molecule has 29 heavy (non-hydrogen) atoms. The van der Waals surface area contributed by atoms with Crippen LogP contribution < -0.4 is 10.1 Å². The maximum atomic E-state index is 12.4. The second-order valence-corrected chi connectivity index (χ2v) is 7.32. The largest absolute Gasteiger partial charge is 0.497 e. The molecule has 2 aromatic carbocycles. The van der Waals surface area contributed by atoms with E-state index in [0.717, 1.165) is 41.9 Å². The highest BCUT2D eigenvalue weighted by Crippen LogP contribution is 2.25. The molecular formula is C23H26N2O4. The number of fused-ring (bicyclic) bond motifs is 1. The van der Waals surface area contributed by atoms with Gasteiger partial charge in [-0.25, -0.2) is 0 Å². The van der Waals surface area contributed by atoms with Gasteiger partial charge in [0, 0.05) is 43.2 Å². The van der Waals surface area contributed by atoms with Gasteiger partial charge >= 0.3 is 0 Å². The minimum Gasteiger partial charge on any atom is -0.497 e. The Labute approximate surface area is 170 Å². The van der Waals surface area contributed by atoms with Crippen LogP contribution in [0, 0.1) is 0 Å². The second kappa shape index (κ2) is 9.11. The van der Waals surface area contributed by atoms with Crippen LogP contribution in [0.2, 0.25) is 0 Å². The molecule has 3 aromatic rings. The van der Waals surface area contributed by atoms with Crippen LogP contribution in [0.5, 0.6) is 5.75 Å². The Bertz CT molecular complexity index is 954. The van der Waals surface area contributed by atoms with Crippen LogP contribution in [0.15, 0.2) is 59.2 Å². The molecule has 4 rings (SSSR count). The Balaban J connectivity index is 1.28. The molecule has 1 aliphatic rings. The minimum atomic E-state index is -0.0349. The van der Waals surface area contributed by atoms with Gasteiger partial charge in [0.05, 0.1) is 32.5 Å². The first-order chi connectivity index (χ1) is 14.2. The lowest BCUT2D eigenvalue weighted by Crippen LogP contribution is -2.47. The number of benzene rings is 2. The van der Waals surface area contributed by atoms with Crippen molar-refractivity contribution in [1.82, 2.24) is 10.2 Å². The number of rotatable bonds is 7. The number of hydrogen-bond donors (Lipinski definition) is 1. The van der Waals surface area contributed by atoms with Crippen LogP contribution in [-0.2, 0) is 22.5 Å². The molecule has 1 aromatic heterocycles. The van der Waals surface area contributed by atoms with Crippen molar-refractivity contribution in [3.63, 3.8) is 0 Å². The molecule has 1 fully saturated rings. The third-order valence-corrected chi connectivity index (χ3v) is 5.21. The molecular weight excluding hydrogens is 368 g/mol. The zero-order valence-corrected chi connectivity index (χ0v) is 16.6. The predicted octanol–water partition coefficient (Wildman–Crippen LogP) is 3.00. The summed E-state index contributed by atoms with van der Waals surface area (Å²) in [6, 6.07) is 16.0. The van der Waals surface area contributed by atoms with Gasteiger partial charge in [-0.05, 0) is 17.7 Å². The Hall–Kier alpha value is -2.83. The highest BCUT2D eigenvalue weighted by Gasteiger charge is 2.21. The van der Waals surface area contributed by atoms with Gasteiger partial charge in [-0.3, -0.25) is 9.69 Å². The fraction of sp³-hybridized carbons (Fsp3) is 0.348. The number of hydrogen-bond acceptors (Lipinski definition) is 5. The summed E-state index contributed by atoms with van der Waals surface area (Å²) in [5, 5.41) is 3.94. The van der Waals surface area contributed by atoms with Crippen molar-refractivity contribution < 1.29 is 18.7 Å². The molecule has 0 spiro atoms. The monoisotopic (exact) mass is 394 g/mol. The summed E-state index contributed by atoms with van der Waals surface area (Å²) in [7, 11) is 1.62.